The van der Waals surface area contributed by atoms with Crippen molar-refractivity contribution in [3.8, 4) is 11.8 Å². The van der Waals surface area contributed by atoms with Crippen LogP contribution in [0.25, 0.3) is 0 Å². The molecule has 0 aliphatic rings. The molecule has 0 rings (SSSR count). The van der Waals surface area contributed by atoms with Crippen LogP contribution in [0.15, 0.2) is 0 Å². The molecule has 0 unspecified atom stereocenters. The van der Waals surface area contributed by atoms with Crippen LogP contribution in [0.4, 0.5) is 0 Å². The van der Waals surface area contributed by atoms with Crippen molar-refractivity contribution < 1.29 is 18.4 Å². The first-order valence-electron chi connectivity index (χ1n) is 5.79. The van der Waals surface area contributed by atoms with Crippen molar-refractivity contribution in [2.24, 2.45) is 5.92 Å². The Hall–Kier alpha value is -0.620. The van der Waals surface area contributed by atoms with E-state index in [1.54, 1.807) is 27.7 Å². The van der Waals surface area contributed by atoms with E-state index in [1.165, 1.54) is 0 Å². The molecule has 1 atom stereocenters. The molecule has 0 aliphatic heterocycles. The van der Waals surface area contributed by atoms with E-state index in [0.717, 1.165) is 0 Å². The molecule has 0 heterocycles. The molecule has 98 valence electrons. The van der Waals surface area contributed by atoms with Crippen LogP contribution in [0.1, 0.15) is 34.1 Å². The van der Waals surface area contributed by atoms with Gasteiger partial charge in [0.2, 0.25) is 0 Å². The fraction of sp³-hybridized carbons (Fsp3) is 0.750. The molecule has 4 nitrogen and oxygen atoms in total. The Morgan fingerprint density at radius 2 is 1.82 bits per heavy atom. The van der Waals surface area contributed by atoms with Gasteiger partial charge >= 0.3 is 7.60 Å². The summed E-state index contributed by atoms with van der Waals surface area (Å²) in [5, 5.41) is 0. The van der Waals surface area contributed by atoms with Crippen molar-refractivity contribution in [1.29, 1.82) is 0 Å². The van der Waals surface area contributed by atoms with Gasteiger partial charge in [0.15, 0.2) is 0 Å². The predicted octanol–water partition coefficient (Wildman–Crippen LogP) is 2.87. The van der Waals surface area contributed by atoms with Crippen LogP contribution in [0.3, 0.4) is 0 Å². The summed E-state index contributed by atoms with van der Waals surface area (Å²) >= 11 is 0. The third-order valence-electron chi connectivity index (χ3n) is 2.14. The molecule has 0 bridgehead atoms. The zero-order valence-electron chi connectivity index (χ0n) is 11.0. The Labute approximate surface area is 104 Å². The third-order valence-corrected chi connectivity index (χ3v) is 4.14. The van der Waals surface area contributed by atoms with Crippen molar-refractivity contribution in [1.82, 2.24) is 0 Å². The topological polar surface area (TPSA) is 52.6 Å². The van der Waals surface area contributed by atoms with Crippen molar-refractivity contribution in [2.75, 3.05) is 19.4 Å². The highest BCUT2D eigenvalue weighted by Crippen LogP contribution is 2.48. The van der Waals surface area contributed by atoms with Gasteiger partial charge in [-0.2, -0.15) is 0 Å². The van der Waals surface area contributed by atoms with Crippen molar-refractivity contribution in [3.63, 3.8) is 0 Å². The van der Waals surface area contributed by atoms with Crippen LogP contribution < -0.4 is 0 Å². The van der Waals surface area contributed by atoms with Gasteiger partial charge in [0.25, 0.3) is 0 Å². The van der Waals surface area contributed by atoms with Crippen LogP contribution in [-0.4, -0.2) is 25.2 Å². The molecule has 0 saturated carbocycles. The molecular weight excluding hydrogens is 239 g/mol. The largest absolute Gasteiger partial charge is 0.338 e. The van der Waals surface area contributed by atoms with Crippen LogP contribution in [0.5, 0.6) is 0 Å². The lowest BCUT2D eigenvalue weighted by Gasteiger charge is -2.17. The number of Topliss-reactive ketones (excluding diaryl/α,β-unsaturated/α-hetero) is 1. The summed E-state index contributed by atoms with van der Waals surface area (Å²) in [6, 6.07) is 0. The fourth-order valence-electron chi connectivity index (χ4n) is 1.24. The molecule has 0 aliphatic carbocycles. The van der Waals surface area contributed by atoms with Crippen LogP contribution in [0, 0.1) is 17.8 Å². The Morgan fingerprint density at radius 3 is 2.24 bits per heavy atom. The van der Waals surface area contributed by atoms with Gasteiger partial charge in [-0.1, -0.05) is 6.92 Å². The average Bonchev–Trinajstić information content (AvgIpc) is 2.26. The summed E-state index contributed by atoms with van der Waals surface area (Å²) in [5.74, 6) is 5.20. The van der Waals surface area contributed by atoms with Gasteiger partial charge in [0.05, 0.1) is 13.2 Å². The maximum atomic E-state index is 12.1. The highest BCUT2D eigenvalue weighted by atomic mass is 31.2. The molecule has 17 heavy (non-hydrogen) atoms. The first-order valence-corrected chi connectivity index (χ1v) is 7.52. The third kappa shape index (κ3) is 6.63. The number of carbonyl (C=O) groups is 1. The standard InChI is InChI=1S/C12H21O4P/c1-5-8-9-11(4)12(13)10-17(14,15-6-2)16-7-3/h11H,6-7,9-10H2,1-4H3/t11-/m0/s1. The lowest BCUT2D eigenvalue weighted by atomic mass is 10.0. The monoisotopic (exact) mass is 260 g/mol. The minimum Gasteiger partial charge on any atom is -0.309 e. The highest BCUT2D eigenvalue weighted by Gasteiger charge is 2.29. The summed E-state index contributed by atoms with van der Waals surface area (Å²) in [7, 11) is -3.26. The van der Waals surface area contributed by atoms with E-state index in [0.29, 0.717) is 6.42 Å². The van der Waals surface area contributed by atoms with Crippen LogP contribution in [-0.2, 0) is 18.4 Å². The van der Waals surface area contributed by atoms with Crippen molar-refractivity contribution in [3.05, 3.63) is 0 Å². The van der Waals surface area contributed by atoms with E-state index in [2.05, 4.69) is 11.8 Å². The maximum absolute atomic E-state index is 12.1. The SMILES string of the molecule is CC#CC[C@H](C)C(=O)CP(=O)(OCC)OCC. The zero-order valence-corrected chi connectivity index (χ0v) is 11.9. The lowest BCUT2D eigenvalue weighted by molar-refractivity contribution is -0.120. The van der Waals surface area contributed by atoms with E-state index < -0.39 is 7.60 Å². The molecular formula is C12H21O4P. The number of hydrogen-bond donors (Lipinski definition) is 0. The lowest BCUT2D eigenvalue weighted by Crippen LogP contribution is -2.17. The molecule has 0 aromatic rings. The smallest absolute Gasteiger partial charge is 0.309 e. The first-order chi connectivity index (χ1) is 7.99. The van der Waals surface area contributed by atoms with E-state index in [9.17, 15) is 9.36 Å². The molecule has 0 amide bonds. The number of rotatable bonds is 8. The van der Waals surface area contributed by atoms with Crippen molar-refractivity contribution >= 4 is 13.4 Å². The van der Waals surface area contributed by atoms with Crippen LogP contribution in [0.2, 0.25) is 0 Å². The van der Waals surface area contributed by atoms with E-state index in [1.807, 2.05) is 0 Å². The fourth-order valence-corrected chi connectivity index (χ4v) is 2.97. The molecule has 0 aromatic carbocycles. The minimum atomic E-state index is -3.26. The Bertz CT molecular complexity index is 330. The van der Waals surface area contributed by atoms with Gasteiger partial charge in [0, 0.05) is 12.3 Å². The molecule has 0 radical (unpaired) electrons. The Morgan fingerprint density at radius 1 is 1.29 bits per heavy atom. The number of hydrogen-bond acceptors (Lipinski definition) is 4. The summed E-state index contributed by atoms with van der Waals surface area (Å²) in [6.45, 7) is 7.49. The molecule has 0 saturated heterocycles. The second kappa shape index (κ2) is 8.47. The van der Waals surface area contributed by atoms with E-state index in [-0.39, 0.29) is 31.1 Å². The average molecular weight is 260 g/mol. The number of ketones is 1. The summed E-state index contributed by atoms with van der Waals surface area (Å²) < 4.78 is 22.2. The quantitative estimate of drug-likeness (QED) is 0.497. The first kappa shape index (κ1) is 16.4. The predicted molar refractivity (Wildman–Crippen MR) is 68.0 cm³/mol. The Balaban J connectivity index is 4.47. The normalized spacial score (nSPS) is 12.7. The van der Waals surface area contributed by atoms with Gasteiger partial charge in [0.1, 0.15) is 11.9 Å². The van der Waals surface area contributed by atoms with Gasteiger partial charge in [-0.3, -0.25) is 9.36 Å². The molecule has 0 aromatic heterocycles. The second-order valence-corrected chi connectivity index (χ2v) is 5.66. The van der Waals surface area contributed by atoms with Crippen LogP contribution >= 0.6 is 7.60 Å². The number of carbonyl (C=O) groups excluding carboxylic acids is 1. The molecule has 0 fully saturated rings. The maximum Gasteiger partial charge on any atom is 0.338 e. The molecule has 5 heteroatoms. The van der Waals surface area contributed by atoms with Gasteiger partial charge in [-0.05, 0) is 20.8 Å². The highest BCUT2D eigenvalue weighted by molar-refractivity contribution is 7.54. The van der Waals surface area contributed by atoms with Gasteiger partial charge < -0.3 is 9.05 Å². The van der Waals surface area contributed by atoms with Gasteiger partial charge in [-0.15, -0.1) is 11.8 Å². The summed E-state index contributed by atoms with van der Waals surface area (Å²) in [5.41, 5.74) is 0. The molecule has 0 spiro atoms. The van der Waals surface area contributed by atoms with Gasteiger partial charge in [-0.25, -0.2) is 0 Å². The second-order valence-electron chi connectivity index (χ2n) is 3.60. The minimum absolute atomic E-state index is 0.127. The summed E-state index contributed by atoms with van der Waals surface area (Å²) in [4.78, 5) is 11.8. The molecule has 0 N–H and O–H groups in total. The van der Waals surface area contributed by atoms with E-state index in [4.69, 9.17) is 9.05 Å². The van der Waals surface area contributed by atoms with Crippen molar-refractivity contribution in [2.45, 2.75) is 34.1 Å². The van der Waals surface area contributed by atoms with E-state index >= 15 is 0 Å². The Kier molecular flexibility index (Phi) is 8.16. The summed E-state index contributed by atoms with van der Waals surface area (Å²) in [6.07, 6.45) is 0.314. The zero-order chi connectivity index (χ0) is 13.3.